The van der Waals surface area contributed by atoms with Gasteiger partial charge in [0.1, 0.15) is 18.1 Å². The van der Waals surface area contributed by atoms with Crippen LogP contribution >= 0.6 is 11.8 Å². The minimum atomic E-state index is -0.287. The van der Waals surface area contributed by atoms with E-state index in [9.17, 15) is 9.59 Å². The van der Waals surface area contributed by atoms with Gasteiger partial charge in [-0.3, -0.25) is 14.5 Å². The molecular weight excluding hydrogens is 568 g/mol. The third-order valence-electron chi connectivity index (χ3n) is 7.30. The Morgan fingerprint density at radius 1 is 1.05 bits per heavy atom. The molecule has 0 fully saturated rings. The molecular formula is C32H32N4O6S. The monoisotopic (exact) mass is 600 g/mol. The van der Waals surface area contributed by atoms with Crippen molar-refractivity contribution in [2.75, 3.05) is 51.4 Å². The topological polar surface area (TPSA) is 104 Å². The van der Waals surface area contributed by atoms with Crippen LogP contribution in [0.25, 0.3) is 16.9 Å². The number of ether oxygens (including phenoxy) is 4. The molecule has 2 aliphatic heterocycles. The average molecular weight is 601 g/mol. The molecule has 43 heavy (non-hydrogen) atoms. The van der Waals surface area contributed by atoms with Crippen LogP contribution in [-0.4, -0.2) is 68.1 Å². The molecule has 4 aromatic rings. The van der Waals surface area contributed by atoms with Gasteiger partial charge < -0.3 is 24.3 Å². The van der Waals surface area contributed by atoms with Crippen LogP contribution in [0.15, 0.2) is 72.8 Å². The van der Waals surface area contributed by atoms with E-state index < -0.39 is 0 Å². The number of nitrogens with one attached hydrogen (secondary N) is 1. The van der Waals surface area contributed by atoms with Gasteiger partial charge in [-0.25, -0.2) is 4.68 Å². The van der Waals surface area contributed by atoms with Crippen LogP contribution in [0.5, 0.6) is 17.2 Å². The number of methoxy groups -OCH3 is 2. The van der Waals surface area contributed by atoms with Crippen molar-refractivity contribution in [3.05, 3.63) is 83.9 Å². The van der Waals surface area contributed by atoms with Crippen LogP contribution in [0.2, 0.25) is 0 Å². The fourth-order valence-electron chi connectivity index (χ4n) is 5.22. The largest absolute Gasteiger partial charge is 0.497 e. The highest BCUT2D eigenvalue weighted by molar-refractivity contribution is 8.00. The molecule has 1 N–H and O–H groups in total. The molecule has 2 amide bonds. The van der Waals surface area contributed by atoms with Crippen molar-refractivity contribution in [2.45, 2.75) is 11.7 Å². The molecule has 0 spiro atoms. The second-order valence-corrected chi connectivity index (χ2v) is 11.1. The summed E-state index contributed by atoms with van der Waals surface area (Å²) in [6, 6.07) is 23.2. The predicted molar refractivity (Wildman–Crippen MR) is 164 cm³/mol. The fourth-order valence-corrected chi connectivity index (χ4v) is 6.40. The number of hydrogen-bond donors (Lipinski definition) is 1. The number of nitrogens with zero attached hydrogens (tertiary/aromatic N) is 3. The molecule has 1 atom stereocenters. The maximum absolute atomic E-state index is 13.9. The van der Waals surface area contributed by atoms with Gasteiger partial charge in [0.25, 0.3) is 0 Å². The van der Waals surface area contributed by atoms with Gasteiger partial charge in [-0.15, -0.1) is 11.8 Å². The number of hydrogen-bond acceptors (Lipinski definition) is 8. The Morgan fingerprint density at radius 2 is 1.84 bits per heavy atom. The number of benzene rings is 3. The van der Waals surface area contributed by atoms with Crippen molar-refractivity contribution in [1.29, 1.82) is 0 Å². The number of rotatable bonds is 10. The van der Waals surface area contributed by atoms with E-state index in [1.807, 2.05) is 72.8 Å². The molecule has 11 heteroatoms. The molecule has 0 saturated heterocycles. The quantitative estimate of drug-likeness (QED) is 0.264. The van der Waals surface area contributed by atoms with E-state index in [0.29, 0.717) is 42.6 Å². The number of fused-ring (bicyclic) bond motifs is 2. The van der Waals surface area contributed by atoms with E-state index in [2.05, 4.69) is 5.32 Å². The number of anilines is 1. The maximum atomic E-state index is 13.9. The third kappa shape index (κ3) is 5.91. The fraction of sp³-hybridized carbons (Fsp3) is 0.281. The van der Waals surface area contributed by atoms with Crippen molar-refractivity contribution in [3.8, 4) is 34.2 Å². The smallest absolute Gasteiger partial charge is 0.240 e. The van der Waals surface area contributed by atoms with Gasteiger partial charge in [0.05, 0.1) is 29.5 Å². The molecule has 0 saturated carbocycles. The van der Waals surface area contributed by atoms with Crippen molar-refractivity contribution in [2.24, 2.45) is 0 Å². The van der Waals surface area contributed by atoms with Crippen molar-refractivity contribution < 1.29 is 28.5 Å². The van der Waals surface area contributed by atoms with E-state index in [0.717, 1.165) is 28.1 Å². The Hall–Kier alpha value is -4.48. The van der Waals surface area contributed by atoms with E-state index in [4.69, 9.17) is 24.0 Å². The number of amides is 2. The molecule has 1 aromatic heterocycles. The van der Waals surface area contributed by atoms with E-state index in [-0.39, 0.29) is 36.2 Å². The molecule has 0 radical (unpaired) electrons. The highest BCUT2D eigenvalue weighted by atomic mass is 32.2. The maximum Gasteiger partial charge on any atom is 0.240 e. The van der Waals surface area contributed by atoms with Gasteiger partial charge in [-0.1, -0.05) is 36.4 Å². The molecule has 10 nitrogen and oxygen atoms in total. The van der Waals surface area contributed by atoms with Gasteiger partial charge in [0.15, 0.2) is 11.5 Å². The summed E-state index contributed by atoms with van der Waals surface area (Å²) in [5.41, 5.74) is 4.14. The van der Waals surface area contributed by atoms with Gasteiger partial charge in [-0.2, -0.15) is 5.10 Å². The van der Waals surface area contributed by atoms with Gasteiger partial charge in [0.2, 0.25) is 18.6 Å². The summed E-state index contributed by atoms with van der Waals surface area (Å²) in [5.74, 6) is 2.31. The molecule has 222 valence electrons. The summed E-state index contributed by atoms with van der Waals surface area (Å²) in [6.07, 6.45) is 0.672. The lowest BCUT2D eigenvalue weighted by Crippen LogP contribution is -2.42. The Labute approximate surface area is 253 Å². The molecule has 6 rings (SSSR count). The summed E-state index contributed by atoms with van der Waals surface area (Å²) >= 11 is 1.50. The Morgan fingerprint density at radius 3 is 2.60 bits per heavy atom. The minimum absolute atomic E-state index is 0.149. The van der Waals surface area contributed by atoms with Gasteiger partial charge >= 0.3 is 0 Å². The first kappa shape index (κ1) is 28.6. The summed E-state index contributed by atoms with van der Waals surface area (Å²) in [5, 5.41) is 7.76. The first-order valence-electron chi connectivity index (χ1n) is 14.0. The highest BCUT2D eigenvalue weighted by Crippen LogP contribution is 2.50. The Bertz CT molecular complexity index is 1610. The zero-order valence-electron chi connectivity index (χ0n) is 23.9. The lowest BCUT2D eigenvalue weighted by molar-refractivity contribution is -0.122. The van der Waals surface area contributed by atoms with Crippen LogP contribution in [0.1, 0.15) is 22.8 Å². The first-order chi connectivity index (χ1) is 21.1. The van der Waals surface area contributed by atoms with Gasteiger partial charge in [0, 0.05) is 31.4 Å². The number of carbonyl (C=O) groups excluding carboxylic acids is 2. The molecule has 0 aliphatic carbocycles. The Balaban J connectivity index is 1.53. The van der Waals surface area contributed by atoms with Crippen molar-refractivity contribution in [3.63, 3.8) is 0 Å². The van der Waals surface area contributed by atoms with E-state index in [1.165, 1.54) is 11.8 Å². The summed E-state index contributed by atoms with van der Waals surface area (Å²) in [4.78, 5) is 28.6. The first-order valence-corrected chi connectivity index (χ1v) is 15.0. The summed E-state index contributed by atoms with van der Waals surface area (Å²) in [7, 11) is 3.24. The van der Waals surface area contributed by atoms with Crippen LogP contribution in [0.4, 0.5) is 5.82 Å². The number of thioether (sulfide) groups is 1. The molecule has 0 unspecified atom stereocenters. The second-order valence-electron chi connectivity index (χ2n) is 10.0. The predicted octanol–water partition coefficient (Wildman–Crippen LogP) is 4.60. The van der Waals surface area contributed by atoms with Crippen molar-refractivity contribution >= 4 is 29.4 Å². The molecule has 0 bridgehead atoms. The van der Waals surface area contributed by atoms with Crippen LogP contribution in [-0.2, 0) is 14.3 Å². The minimum Gasteiger partial charge on any atom is -0.497 e. The molecule has 3 heterocycles. The Kier molecular flexibility index (Phi) is 8.52. The standard InChI is InChI=1S/C32H32N4O6S/c1-39-16-6-15-33-27(37)18-35-28(38)19-43-31(22-9-14-25-26(17-22)42-20-41-25)29-30(21-7-4-3-5-8-21)34-36(32(29)35)23-10-12-24(40-2)13-11-23/h3-5,7-14,17,31H,6,15-16,18-20H2,1-2H3,(H,33,37)/t31-/m0/s1. The summed E-state index contributed by atoms with van der Waals surface area (Å²) in [6.45, 7) is 0.996. The van der Waals surface area contributed by atoms with E-state index in [1.54, 1.807) is 23.8 Å². The average Bonchev–Trinajstić information content (AvgIpc) is 3.64. The number of carbonyl (C=O) groups is 2. The zero-order chi connectivity index (χ0) is 29.8. The highest BCUT2D eigenvalue weighted by Gasteiger charge is 2.38. The van der Waals surface area contributed by atoms with Crippen LogP contribution in [0.3, 0.4) is 0 Å². The van der Waals surface area contributed by atoms with Crippen LogP contribution < -0.4 is 24.4 Å². The SMILES string of the molecule is COCCCNC(=O)CN1C(=O)CS[C@@H](c2ccc3c(c2)OCO3)c2c(-c3ccccc3)nn(-c3ccc(OC)cc3)c21. The third-order valence-corrected chi connectivity index (χ3v) is 8.56. The lowest BCUT2D eigenvalue weighted by atomic mass is 9.99. The molecule has 2 aliphatic rings. The summed E-state index contributed by atoms with van der Waals surface area (Å²) < 4.78 is 23.5. The van der Waals surface area contributed by atoms with Gasteiger partial charge in [-0.05, 0) is 48.4 Å². The number of aromatic nitrogens is 2. The normalized spacial score (nSPS) is 15.6. The van der Waals surface area contributed by atoms with E-state index >= 15 is 0 Å². The van der Waals surface area contributed by atoms with Crippen molar-refractivity contribution in [1.82, 2.24) is 15.1 Å². The van der Waals surface area contributed by atoms with Crippen LogP contribution in [0, 0.1) is 0 Å². The molecule has 3 aromatic carbocycles. The second kappa shape index (κ2) is 12.8. The lowest BCUT2D eigenvalue weighted by Gasteiger charge is -2.23. The zero-order valence-corrected chi connectivity index (χ0v) is 24.8.